The lowest BCUT2D eigenvalue weighted by Crippen LogP contribution is -2.30. The van der Waals surface area contributed by atoms with Gasteiger partial charge in [0.15, 0.2) is 0 Å². The lowest BCUT2D eigenvalue weighted by molar-refractivity contribution is -0.384. The van der Waals surface area contributed by atoms with E-state index in [0.29, 0.717) is 0 Å². The molecule has 0 amide bonds. The minimum Gasteiger partial charge on any atom is -0.480 e. The van der Waals surface area contributed by atoms with E-state index in [2.05, 4.69) is 6.58 Å². The molecule has 0 bridgehead atoms. The Balaban J connectivity index is 3.26. The molecule has 0 aliphatic heterocycles. The minimum absolute atomic E-state index is 0.0306. The smallest absolute Gasteiger partial charge is 0.323 e. The predicted octanol–water partition coefficient (Wildman–Crippen LogP) is 2.33. The van der Waals surface area contributed by atoms with Gasteiger partial charge in [-0.25, -0.2) is 0 Å². The molecular formula is C11H11ClN2O4. The highest BCUT2D eigenvalue weighted by Crippen LogP contribution is 2.34. The maximum atomic E-state index is 11.0. The first-order valence-corrected chi connectivity index (χ1v) is 5.35. The van der Waals surface area contributed by atoms with E-state index in [1.165, 1.54) is 29.2 Å². The van der Waals surface area contributed by atoms with Gasteiger partial charge < -0.3 is 10.0 Å². The van der Waals surface area contributed by atoms with Crippen LogP contribution in [-0.4, -0.2) is 29.1 Å². The van der Waals surface area contributed by atoms with E-state index >= 15 is 0 Å². The number of hydrogen-bond donors (Lipinski definition) is 1. The molecule has 1 rings (SSSR count). The molecule has 0 aromatic heterocycles. The highest BCUT2D eigenvalue weighted by molar-refractivity contribution is 6.33. The van der Waals surface area contributed by atoms with Crippen LogP contribution >= 0.6 is 11.6 Å². The summed E-state index contributed by atoms with van der Waals surface area (Å²) in [5.74, 6) is -1.09. The van der Waals surface area contributed by atoms with Crippen LogP contribution < -0.4 is 4.90 Å². The number of rotatable bonds is 6. The number of nitro benzene ring substituents is 1. The molecule has 0 fully saturated rings. The van der Waals surface area contributed by atoms with Crippen molar-refractivity contribution in [3.8, 4) is 0 Å². The van der Waals surface area contributed by atoms with Gasteiger partial charge in [-0.3, -0.25) is 14.9 Å². The molecule has 96 valence electrons. The summed E-state index contributed by atoms with van der Waals surface area (Å²) in [7, 11) is 0. The molecule has 7 heteroatoms. The average Bonchev–Trinajstić information content (AvgIpc) is 2.27. The van der Waals surface area contributed by atoms with E-state index in [-0.39, 0.29) is 29.5 Å². The van der Waals surface area contributed by atoms with E-state index in [4.69, 9.17) is 16.7 Å². The lowest BCUT2D eigenvalue weighted by atomic mass is 10.2. The molecule has 0 saturated carbocycles. The first kappa shape index (κ1) is 14.0. The molecule has 0 heterocycles. The van der Waals surface area contributed by atoms with Crippen molar-refractivity contribution in [2.45, 2.75) is 0 Å². The van der Waals surface area contributed by atoms with Crippen molar-refractivity contribution in [1.29, 1.82) is 0 Å². The molecule has 1 aromatic rings. The van der Waals surface area contributed by atoms with Crippen LogP contribution in [0, 0.1) is 10.1 Å². The first-order chi connectivity index (χ1) is 8.47. The van der Waals surface area contributed by atoms with Crippen LogP contribution in [0.4, 0.5) is 11.4 Å². The minimum atomic E-state index is -1.09. The zero-order valence-corrected chi connectivity index (χ0v) is 10.1. The van der Waals surface area contributed by atoms with E-state index in [1.54, 1.807) is 0 Å². The Morgan fingerprint density at radius 1 is 1.61 bits per heavy atom. The molecule has 0 aliphatic carbocycles. The molecule has 0 aliphatic rings. The Morgan fingerprint density at radius 3 is 2.78 bits per heavy atom. The fourth-order valence-electron chi connectivity index (χ4n) is 1.51. The van der Waals surface area contributed by atoms with Gasteiger partial charge in [0, 0.05) is 6.54 Å². The van der Waals surface area contributed by atoms with Gasteiger partial charge in [-0.05, 0) is 12.1 Å². The van der Waals surface area contributed by atoms with Gasteiger partial charge in [0.05, 0.1) is 4.92 Å². The molecule has 1 aromatic carbocycles. The number of aliphatic carboxylic acids is 1. The highest BCUT2D eigenvalue weighted by atomic mass is 35.5. The zero-order valence-electron chi connectivity index (χ0n) is 9.38. The number of carbonyl (C=O) groups is 1. The maximum Gasteiger partial charge on any atom is 0.323 e. The summed E-state index contributed by atoms with van der Waals surface area (Å²) in [6.07, 6.45) is 1.47. The van der Waals surface area contributed by atoms with Crippen LogP contribution in [0.25, 0.3) is 0 Å². The standard InChI is InChI=1S/C11H11ClN2O4/c1-2-6-13(7-10(15)16)9-5-3-4-8(12)11(9)14(17)18/h2-5H,1,6-7H2,(H,15,16). The topological polar surface area (TPSA) is 83.7 Å². The SMILES string of the molecule is C=CCN(CC(=O)O)c1cccc(Cl)c1[N+](=O)[O-]. The summed E-state index contributed by atoms with van der Waals surface area (Å²) in [5.41, 5.74) is -0.142. The van der Waals surface area contributed by atoms with Crippen molar-refractivity contribution >= 4 is 28.9 Å². The van der Waals surface area contributed by atoms with Gasteiger partial charge in [-0.15, -0.1) is 6.58 Å². The second-order valence-electron chi connectivity index (χ2n) is 3.43. The average molecular weight is 271 g/mol. The molecule has 18 heavy (non-hydrogen) atoms. The summed E-state index contributed by atoms with van der Waals surface area (Å²) in [6, 6.07) is 4.37. The lowest BCUT2D eigenvalue weighted by Gasteiger charge is -2.21. The molecule has 0 unspecified atom stereocenters. The second kappa shape index (κ2) is 6.02. The van der Waals surface area contributed by atoms with Crippen LogP contribution in [0.1, 0.15) is 0 Å². The summed E-state index contributed by atoms with van der Waals surface area (Å²) in [5, 5.41) is 19.7. The Morgan fingerprint density at radius 2 is 2.28 bits per heavy atom. The fraction of sp³-hybridized carbons (Fsp3) is 0.182. The molecule has 1 N–H and O–H groups in total. The first-order valence-electron chi connectivity index (χ1n) is 4.98. The Hall–Kier alpha value is -2.08. The second-order valence-corrected chi connectivity index (χ2v) is 3.83. The Kier molecular flexibility index (Phi) is 4.67. The largest absolute Gasteiger partial charge is 0.480 e. The van der Waals surface area contributed by atoms with Crippen molar-refractivity contribution in [3.05, 3.63) is 46.0 Å². The van der Waals surface area contributed by atoms with Crippen LogP contribution in [0.3, 0.4) is 0 Å². The van der Waals surface area contributed by atoms with Gasteiger partial charge >= 0.3 is 11.7 Å². The molecular weight excluding hydrogens is 260 g/mol. The van der Waals surface area contributed by atoms with Crippen LogP contribution in [0.5, 0.6) is 0 Å². The quantitative estimate of drug-likeness (QED) is 0.487. The Bertz CT molecular complexity index is 490. The van der Waals surface area contributed by atoms with Gasteiger partial charge in [0.1, 0.15) is 17.3 Å². The molecule has 0 saturated heterocycles. The third kappa shape index (κ3) is 3.21. The zero-order chi connectivity index (χ0) is 13.7. The van der Waals surface area contributed by atoms with Gasteiger partial charge in [-0.2, -0.15) is 0 Å². The van der Waals surface area contributed by atoms with Gasteiger partial charge in [0.25, 0.3) is 0 Å². The van der Waals surface area contributed by atoms with Gasteiger partial charge in [-0.1, -0.05) is 23.7 Å². The van der Waals surface area contributed by atoms with Crippen LogP contribution in [0.2, 0.25) is 5.02 Å². The van der Waals surface area contributed by atoms with E-state index in [1.807, 2.05) is 0 Å². The third-order valence-corrected chi connectivity index (χ3v) is 2.47. The number of carboxylic acid groups (broad SMARTS) is 1. The third-order valence-electron chi connectivity index (χ3n) is 2.16. The molecule has 0 radical (unpaired) electrons. The van der Waals surface area contributed by atoms with Crippen molar-refractivity contribution < 1.29 is 14.8 Å². The maximum absolute atomic E-state index is 11.0. The van der Waals surface area contributed by atoms with Crippen LogP contribution in [-0.2, 0) is 4.79 Å². The summed E-state index contributed by atoms with van der Waals surface area (Å²) >= 11 is 5.76. The number of hydrogen-bond acceptors (Lipinski definition) is 4. The Labute approximate surface area is 108 Å². The fourth-order valence-corrected chi connectivity index (χ4v) is 1.75. The van der Waals surface area contributed by atoms with Gasteiger partial charge in [0.2, 0.25) is 0 Å². The highest BCUT2D eigenvalue weighted by Gasteiger charge is 2.23. The summed E-state index contributed by atoms with van der Waals surface area (Å²) < 4.78 is 0. The number of nitro groups is 1. The number of carboxylic acids is 1. The normalized spacial score (nSPS) is 9.83. The number of anilines is 1. The number of benzene rings is 1. The molecule has 0 atom stereocenters. The monoisotopic (exact) mass is 270 g/mol. The molecule has 0 spiro atoms. The van der Waals surface area contributed by atoms with Crippen molar-refractivity contribution in [1.82, 2.24) is 0 Å². The van der Waals surface area contributed by atoms with Crippen molar-refractivity contribution in [3.63, 3.8) is 0 Å². The van der Waals surface area contributed by atoms with Crippen LogP contribution in [0.15, 0.2) is 30.9 Å². The predicted molar refractivity (Wildman–Crippen MR) is 68.2 cm³/mol. The number of halogens is 1. The number of para-hydroxylation sites is 1. The van der Waals surface area contributed by atoms with Crippen molar-refractivity contribution in [2.75, 3.05) is 18.0 Å². The number of nitrogens with zero attached hydrogens (tertiary/aromatic N) is 2. The van der Waals surface area contributed by atoms with E-state index in [9.17, 15) is 14.9 Å². The van der Waals surface area contributed by atoms with E-state index in [0.717, 1.165) is 0 Å². The molecule has 6 nitrogen and oxygen atoms in total. The summed E-state index contributed by atoms with van der Waals surface area (Å²) in [4.78, 5) is 22.4. The summed E-state index contributed by atoms with van der Waals surface area (Å²) in [6.45, 7) is 3.30. The van der Waals surface area contributed by atoms with E-state index < -0.39 is 10.9 Å². The van der Waals surface area contributed by atoms with Crippen molar-refractivity contribution in [2.24, 2.45) is 0 Å².